The van der Waals surface area contributed by atoms with Crippen LogP contribution in [0.4, 0.5) is 10.5 Å². The molecule has 1 aromatic rings. The summed E-state index contributed by atoms with van der Waals surface area (Å²) in [4.78, 5) is 22.2. The van der Waals surface area contributed by atoms with Crippen molar-refractivity contribution in [2.45, 2.75) is 32.8 Å². The molecule has 4 N–H and O–H groups in total. The van der Waals surface area contributed by atoms with Crippen LogP contribution in [0.2, 0.25) is 0 Å². The summed E-state index contributed by atoms with van der Waals surface area (Å²) >= 11 is 0. The first-order valence-electron chi connectivity index (χ1n) is 6.26. The Morgan fingerprint density at radius 3 is 2.50 bits per heavy atom. The third-order valence-electron chi connectivity index (χ3n) is 2.79. The summed E-state index contributed by atoms with van der Waals surface area (Å²) in [5.41, 5.74) is 1.21. The molecule has 20 heavy (non-hydrogen) atoms. The van der Waals surface area contributed by atoms with Crippen LogP contribution < -0.4 is 10.6 Å². The van der Waals surface area contributed by atoms with Crippen molar-refractivity contribution in [1.29, 1.82) is 0 Å². The number of carboxylic acids is 1. The van der Waals surface area contributed by atoms with Gasteiger partial charge in [0.25, 0.3) is 0 Å². The summed E-state index contributed by atoms with van der Waals surface area (Å²) in [5.74, 6) is -1.12. The molecule has 6 nitrogen and oxygen atoms in total. The number of rotatable bonds is 5. The van der Waals surface area contributed by atoms with Crippen molar-refractivity contribution in [2.75, 3.05) is 11.9 Å². The Bertz CT molecular complexity index is 512. The van der Waals surface area contributed by atoms with Gasteiger partial charge in [-0.15, -0.1) is 0 Å². The molecular weight excluding hydrogens is 260 g/mol. The van der Waals surface area contributed by atoms with E-state index in [0.717, 1.165) is 11.1 Å². The molecule has 2 amide bonds. The van der Waals surface area contributed by atoms with E-state index in [9.17, 15) is 14.7 Å². The highest BCUT2D eigenvalue weighted by Crippen LogP contribution is 2.15. The second kappa shape index (κ2) is 6.38. The molecule has 1 rings (SSSR count). The first kappa shape index (κ1) is 16.0. The van der Waals surface area contributed by atoms with Crippen LogP contribution in [0, 0.1) is 13.8 Å². The molecular formula is C14H20N2O4. The maximum absolute atomic E-state index is 11.7. The minimum Gasteiger partial charge on any atom is -0.481 e. The van der Waals surface area contributed by atoms with Crippen LogP contribution in [0.3, 0.4) is 0 Å². The summed E-state index contributed by atoms with van der Waals surface area (Å²) in [6.45, 7) is 5.05. The number of carbonyl (C=O) groups is 2. The van der Waals surface area contributed by atoms with Crippen molar-refractivity contribution in [3.63, 3.8) is 0 Å². The number of amides is 2. The van der Waals surface area contributed by atoms with Gasteiger partial charge in [0, 0.05) is 12.2 Å². The van der Waals surface area contributed by atoms with Gasteiger partial charge in [0.1, 0.15) is 0 Å². The van der Waals surface area contributed by atoms with Crippen LogP contribution in [0.15, 0.2) is 18.2 Å². The normalized spacial score (nSPS) is 13.4. The molecule has 0 heterocycles. The fourth-order valence-electron chi connectivity index (χ4n) is 1.78. The maximum Gasteiger partial charge on any atom is 0.319 e. The highest BCUT2D eigenvalue weighted by Gasteiger charge is 2.24. The number of hydrogen-bond donors (Lipinski definition) is 4. The van der Waals surface area contributed by atoms with E-state index in [1.54, 1.807) is 6.07 Å². The van der Waals surface area contributed by atoms with Gasteiger partial charge < -0.3 is 20.8 Å². The number of carboxylic acid groups (broad SMARTS) is 1. The van der Waals surface area contributed by atoms with Crippen molar-refractivity contribution in [3.8, 4) is 0 Å². The number of aliphatic hydroxyl groups is 1. The van der Waals surface area contributed by atoms with Gasteiger partial charge in [0.15, 0.2) is 0 Å². The third-order valence-corrected chi connectivity index (χ3v) is 2.79. The van der Waals surface area contributed by atoms with Gasteiger partial charge >= 0.3 is 12.0 Å². The minimum atomic E-state index is -1.48. The predicted octanol–water partition coefficient (Wildman–Crippen LogP) is 1.65. The third kappa shape index (κ3) is 5.27. The fraction of sp³-hybridized carbons (Fsp3) is 0.429. The molecule has 0 spiro atoms. The van der Waals surface area contributed by atoms with Crippen molar-refractivity contribution < 1.29 is 19.8 Å². The topological polar surface area (TPSA) is 98.7 Å². The number of carbonyl (C=O) groups excluding carboxylic acids is 1. The van der Waals surface area contributed by atoms with Crippen LogP contribution >= 0.6 is 0 Å². The number of hydrogen-bond acceptors (Lipinski definition) is 3. The molecule has 0 radical (unpaired) electrons. The number of aliphatic carboxylic acids is 1. The largest absolute Gasteiger partial charge is 0.481 e. The summed E-state index contributed by atoms with van der Waals surface area (Å²) in [5, 5.41) is 23.5. The molecule has 110 valence electrons. The molecule has 0 aliphatic rings. The lowest BCUT2D eigenvalue weighted by Crippen LogP contribution is -2.43. The Kier molecular flexibility index (Phi) is 5.10. The molecule has 6 heteroatoms. The first-order chi connectivity index (χ1) is 9.19. The van der Waals surface area contributed by atoms with E-state index in [-0.39, 0.29) is 6.54 Å². The van der Waals surface area contributed by atoms with E-state index in [2.05, 4.69) is 10.6 Å². The number of aryl methyl sites for hydroxylation is 2. The van der Waals surface area contributed by atoms with Crippen LogP contribution in [0.25, 0.3) is 0 Å². The number of urea groups is 1. The van der Waals surface area contributed by atoms with Crippen LogP contribution in [-0.4, -0.2) is 34.4 Å². The van der Waals surface area contributed by atoms with Crippen molar-refractivity contribution in [1.82, 2.24) is 5.32 Å². The van der Waals surface area contributed by atoms with Gasteiger partial charge in [-0.1, -0.05) is 17.7 Å². The molecule has 0 saturated heterocycles. The maximum atomic E-state index is 11.7. The smallest absolute Gasteiger partial charge is 0.319 e. The standard InChI is InChI=1S/C14H20N2O4/c1-9-4-5-11(10(2)6-9)16-13(19)15-8-14(3,20)7-12(17)18/h4-6,20H,7-8H2,1-3H3,(H,17,18)(H2,15,16,19). The van der Waals surface area contributed by atoms with Crippen LogP contribution in [0.1, 0.15) is 24.5 Å². The van der Waals surface area contributed by atoms with Gasteiger partial charge in [-0.05, 0) is 32.4 Å². The lowest BCUT2D eigenvalue weighted by atomic mass is 10.0. The Balaban J connectivity index is 2.54. The Morgan fingerprint density at radius 2 is 1.95 bits per heavy atom. The number of nitrogens with one attached hydrogen (secondary N) is 2. The average Bonchev–Trinajstić information content (AvgIpc) is 2.29. The zero-order valence-electron chi connectivity index (χ0n) is 11.9. The van der Waals surface area contributed by atoms with Crippen molar-refractivity contribution in [3.05, 3.63) is 29.3 Å². The summed E-state index contributed by atoms with van der Waals surface area (Å²) < 4.78 is 0. The second-order valence-corrected chi connectivity index (χ2v) is 5.19. The van der Waals surface area contributed by atoms with Gasteiger partial charge in [0.05, 0.1) is 12.0 Å². The van der Waals surface area contributed by atoms with Crippen LogP contribution in [0.5, 0.6) is 0 Å². The molecule has 0 fully saturated rings. The second-order valence-electron chi connectivity index (χ2n) is 5.19. The van der Waals surface area contributed by atoms with Crippen LogP contribution in [-0.2, 0) is 4.79 Å². The van der Waals surface area contributed by atoms with E-state index in [1.165, 1.54) is 6.92 Å². The number of benzene rings is 1. The van der Waals surface area contributed by atoms with E-state index in [0.29, 0.717) is 5.69 Å². The van der Waals surface area contributed by atoms with Gasteiger partial charge in [-0.2, -0.15) is 0 Å². The van der Waals surface area contributed by atoms with Gasteiger partial charge in [0.2, 0.25) is 0 Å². The number of anilines is 1. The van der Waals surface area contributed by atoms with Gasteiger partial charge in [-0.3, -0.25) is 4.79 Å². The predicted molar refractivity (Wildman–Crippen MR) is 75.8 cm³/mol. The molecule has 1 atom stereocenters. The Hall–Kier alpha value is -2.08. The summed E-state index contributed by atoms with van der Waals surface area (Å²) in [6, 6.07) is 5.13. The molecule has 0 saturated carbocycles. The van der Waals surface area contributed by atoms with E-state index < -0.39 is 24.0 Å². The molecule has 0 aliphatic heterocycles. The monoisotopic (exact) mass is 280 g/mol. The van der Waals surface area contributed by atoms with Crippen molar-refractivity contribution >= 4 is 17.7 Å². The Labute approximate surface area is 117 Å². The fourth-order valence-corrected chi connectivity index (χ4v) is 1.78. The van der Waals surface area contributed by atoms with E-state index in [1.807, 2.05) is 26.0 Å². The molecule has 0 aliphatic carbocycles. The SMILES string of the molecule is Cc1ccc(NC(=O)NCC(C)(O)CC(=O)O)c(C)c1. The van der Waals surface area contributed by atoms with Crippen molar-refractivity contribution in [2.24, 2.45) is 0 Å². The quantitative estimate of drug-likeness (QED) is 0.659. The van der Waals surface area contributed by atoms with E-state index in [4.69, 9.17) is 5.11 Å². The Morgan fingerprint density at radius 1 is 1.30 bits per heavy atom. The zero-order chi connectivity index (χ0) is 15.3. The lowest BCUT2D eigenvalue weighted by molar-refractivity contribution is -0.141. The highest BCUT2D eigenvalue weighted by molar-refractivity contribution is 5.90. The average molecular weight is 280 g/mol. The molecule has 1 unspecified atom stereocenters. The summed E-state index contributed by atoms with van der Waals surface area (Å²) in [6.07, 6.45) is -0.434. The first-order valence-corrected chi connectivity index (χ1v) is 6.26. The molecule has 1 aromatic carbocycles. The molecule has 0 aromatic heterocycles. The molecule has 0 bridgehead atoms. The summed E-state index contributed by atoms with van der Waals surface area (Å²) in [7, 11) is 0. The van der Waals surface area contributed by atoms with Gasteiger partial charge in [-0.25, -0.2) is 4.79 Å². The van der Waals surface area contributed by atoms with E-state index >= 15 is 0 Å². The highest BCUT2D eigenvalue weighted by atomic mass is 16.4. The lowest BCUT2D eigenvalue weighted by Gasteiger charge is -2.21. The minimum absolute atomic E-state index is 0.143. The zero-order valence-corrected chi connectivity index (χ0v) is 11.9.